The van der Waals surface area contributed by atoms with Crippen molar-refractivity contribution in [3.8, 4) is 0 Å². The Kier molecular flexibility index (Phi) is 8.22. The van der Waals surface area contributed by atoms with Crippen LogP contribution in [-0.4, -0.2) is 35.5 Å². The van der Waals surface area contributed by atoms with E-state index in [0.717, 1.165) is 6.42 Å². The van der Waals surface area contributed by atoms with Crippen molar-refractivity contribution in [3.63, 3.8) is 0 Å². The molecule has 0 aliphatic carbocycles. The third-order valence-corrected chi connectivity index (χ3v) is 2.60. The highest BCUT2D eigenvalue weighted by molar-refractivity contribution is 7.84. The molecule has 1 unspecified atom stereocenters. The monoisotopic (exact) mass is 179 g/mol. The first kappa shape index (κ1) is 11.1. The highest BCUT2D eigenvalue weighted by Crippen LogP contribution is 1.87. The van der Waals surface area contributed by atoms with E-state index in [1.807, 2.05) is 6.92 Å². The SMILES string of the molecule is CCOCCS(=O)CCCN. The van der Waals surface area contributed by atoms with E-state index >= 15 is 0 Å². The second-order valence-corrected chi connectivity index (χ2v) is 3.88. The van der Waals surface area contributed by atoms with Crippen molar-refractivity contribution in [2.45, 2.75) is 13.3 Å². The Hall–Kier alpha value is 0.0700. The fraction of sp³-hybridized carbons (Fsp3) is 1.00. The summed E-state index contributed by atoms with van der Waals surface area (Å²) in [5, 5.41) is 0. The van der Waals surface area contributed by atoms with E-state index < -0.39 is 10.8 Å². The summed E-state index contributed by atoms with van der Waals surface area (Å²) in [6.07, 6.45) is 0.846. The van der Waals surface area contributed by atoms with Gasteiger partial charge in [-0.25, -0.2) is 0 Å². The Morgan fingerprint density at radius 2 is 2.18 bits per heavy atom. The number of ether oxygens (including phenoxy) is 1. The summed E-state index contributed by atoms with van der Waals surface area (Å²) in [6.45, 7) is 3.87. The lowest BCUT2D eigenvalue weighted by atomic mass is 10.5. The van der Waals surface area contributed by atoms with Crippen LogP contribution in [0.1, 0.15) is 13.3 Å². The first-order valence-corrected chi connectivity index (χ1v) is 5.42. The van der Waals surface area contributed by atoms with Gasteiger partial charge in [0.05, 0.1) is 6.61 Å². The lowest BCUT2D eigenvalue weighted by molar-refractivity contribution is 0.164. The van der Waals surface area contributed by atoms with Crippen LogP contribution in [0.4, 0.5) is 0 Å². The summed E-state index contributed by atoms with van der Waals surface area (Å²) in [5.74, 6) is 1.36. The Labute approximate surface area is 70.8 Å². The molecule has 0 fully saturated rings. The molecule has 11 heavy (non-hydrogen) atoms. The van der Waals surface area contributed by atoms with Crippen LogP contribution in [-0.2, 0) is 15.5 Å². The van der Waals surface area contributed by atoms with Crippen molar-refractivity contribution in [1.82, 2.24) is 0 Å². The Balaban J connectivity index is 3.09. The van der Waals surface area contributed by atoms with Crippen molar-refractivity contribution in [2.24, 2.45) is 5.73 Å². The molecule has 0 heterocycles. The van der Waals surface area contributed by atoms with Gasteiger partial charge in [0.15, 0.2) is 0 Å². The van der Waals surface area contributed by atoms with Gasteiger partial charge in [0.1, 0.15) is 0 Å². The van der Waals surface area contributed by atoms with Crippen LogP contribution in [0.3, 0.4) is 0 Å². The molecule has 2 N–H and O–H groups in total. The smallest absolute Gasteiger partial charge is 0.0581 e. The molecule has 0 saturated carbocycles. The maximum absolute atomic E-state index is 11.1. The lowest BCUT2D eigenvalue weighted by Gasteiger charge is -2.00. The molecule has 0 aromatic carbocycles. The lowest BCUT2D eigenvalue weighted by Crippen LogP contribution is -2.11. The molecule has 0 amide bonds. The second-order valence-electron chi connectivity index (χ2n) is 2.19. The largest absolute Gasteiger partial charge is 0.381 e. The Bertz CT molecular complexity index is 109. The standard InChI is InChI=1S/C7H17NO2S/c1-2-10-5-7-11(9)6-3-4-8/h2-8H2,1H3. The van der Waals surface area contributed by atoms with Gasteiger partial charge in [-0.1, -0.05) is 0 Å². The van der Waals surface area contributed by atoms with Crippen LogP contribution in [0.15, 0.2) is 0 Å². The number of hydrogen-bond acceptors (Lipinski definition) is 3. The van der Waals surface area contributed by atoms with Crippen LogP contribution in [0.25, 0.3) is 0 Å². The van der Waals surface area contributed by atoms with Gasteiger partial charge < -0.3 is 10.5 Å². The third kappa shape index (κ3) is 7.97. The van der Waals surface area contributed by atoms with Gasteiger partial charge in [0.25, 0.3) is 0 Å². The molecule has 0 saturated heterocycles. The molecule has 0 aromatic rings. The minimum absolute atomic E-state index is 0.605. The summed E-state index contributed by atoms with van der Waals surface area (Å²) in [4.78, 5) is 0. The van der Waals surface area contributed by atoms with Crippen molar-refractivity contribution < 1.29 is 8.95 Å². The van der Waals surface area contributed by atoms with Crippen molar-refractivity contribution in [1.29, 1.82) is 0 Å². The first-order chi connectivity index (χ1) is 5.31. The van der Waals surface area contributed by atoms with Gasteiger partial charge in [0, 0.05) is 28.9 Å². The maximum atomic E-state index is 11.1. The molecular weight excluding hydrogens is 162 g/mol. The summed E-state index contributed by atoms with van der Waals surface area (Å²) in [7, 11) is -0.726. The molecule has 4 heteroatoms. The van der Waals surface area contributed by atoms with Crippen molar-refractivity contribution in [3.05, 3.63) is 0 Å². The van der Waals surface area contributed by atoms with Gasteiger partial charge in [-0.15, -0.1) is 0 Å². The molecular formula is C7H17NO2S. The van der Waals surface area contributed by atoms with E-state index in [2.05, 4.69) is 0 Å². The Morgan fingerprint density at radius 3 is 2.73 bits per heavy atom. The quantitative estimate of drug-likeness (QED) is 0.565. The zero-order valence-corrected chi connectivity index (χ0v) is 7.86. The van der Waals surface area contributed by atoms with Crippen LogP contribution >= 0.6 is 0 Å². The summed E-state index contributed by atoms with van der Waals surface area (Å²) in [6, 6.07) is 0. The minimum Gasteiger partial charge on any atom is -0.381 e. The van der Waals surface area contributed by atoms with Gasteiger partial charge in [-0.3, -0.25) is 4.21 Å². The topological polar surface area (TPSA) is 52.3 Å². The van der Waals surface area contributed by atoms with E-state index in [4.69, 9.17) is 10.5 Å². The molecule has 0 rings (SSSR count). The highest BCUT2D eigenvalue weighted by Gasteiger charge is 1.97. The zero-order valence-electron chi connectivity index (χ0n) is 7.04. The van der Waals surface area contributed by atoms with E-state index in [0.29, 0.717) is 31.3 Å². The average molecular weight is 179 g/mol. The zero-order chi connectivity index (χ0) is 8.53. The average Bonchev–Trinajstić information content (AvgIpc) is 2.01. The van der Waals surface area contributed by atoms with Crippen molar-refractivity contribution in [2.75, 3.05) is 31.3 Å². The minimum atomic E-state index is -0.726. The third-order valence-electron chi connectivity index (χ3n) is 1.24. The molecule has 68 valence electrons. The first-order valence-electron chi connectivity index (χ1n) is 3.94. The highest BCUT2D eigenvalue weighted by atomic mass is 32.2. The molecule has 3 nitrogen and oxygen atoms in total. The van der Waals surface area contributed by atoms with Gasteiger partial charge in [0.2, 0.25) is 0 Å². The van der Waals surface area contributed by atoms with Gasteiger partial charge >= 0.3 is 0 Å². The fourth-order valence-electron chi connectivity index (χ4n) is 0.643. The summed E-state index contributed by atoms with van der Waals surface area (Å²) >= 11 is 0. The number of hydrogen-bond donors (Lipinski definition) is 1. The molecule has 0 aliphatic rings. The normalized spacial score (nSPS) is 13.3. The Morgan fingerprint density at radius 1 is 1.45 bits per heavy atom. The fourth-order valence-corrected chi connectivity index (χ4v) is 1.64. The number of nitrogens with two attached hydrogens (primary N) is 1. The molecule has 0 radical (unpaired) electrons. The van der Waals surface area contributed by atoms with Crippen LogP contribution in [0.2, 0.25) is 0 Å². The predicted molar refractivity (Wildman–Crippen MR) is 48.0 cm³/mol. The van der Waals surface area contributed by atoms with Gasteiger partial charge in [-0.05, 0) is 19.9 Å². The van der Waals surface area contributed by atoms with Crippen LogP contribution < -0.4 is 5.73 Å². The van der Waals surface area contributed by atoms with Gasteiger partial charge in [-0.2, -0.15) is 0 Å². The molecule has 0 aromatic heterocycles. The second kappa shape index (κ2) is 8.17. The predicted octanol–water partition coefficient (Wildman–Crippen LogP) is 0.120. The van der Waals surface area contributed by atoms with Crippen molar-refractivity contribution >= 4 is 10.8 Å². The van der Waals surface area contributed by atoms with E-state index in [1.165, 1.54) is 0 Å². The molecule has 0 aliphatic heterocycles. The van der Waals surface area contributed by atoms with E-state index in [1.54, 1.807) is 0 Å². The summed E-state index contributed by atoms with van der Waals surface area (Å²) in [5.41, 5.74) is 5.27. The molecule has 1 atom stereocenters. The summed E-state index contributed by atoms with van der Waals surface area (Å²) < 4.78 is 16.1. The van der Waals surface area contributed by atoms with E-state index in [-0.39, 0.29) is 0 Å². The van der Waals surface area contributed by atoms with E-state index in [9.17, 15) is 4.21 Å². The number of rotatable bonds is 7. The van der Waals surface area contributed by atoms with Crippen LogP contribution in [0, 0.1) is 0 Å². The maximum Gasteiger partial charge on any atom is 0.0581 e. The molecule has 0 spiro atoms. The van der Waals surface area contributed by atoms with Crippen LogP contribution in [0.5, 0.6) is 0 Å². The molecule has 0 bridgehead atoms.